The zero-order chi connectivity index (χ0) is 14.6. The zero-order valence-corrected chi connectivity index (χ0v) is 12.3. The number of fused-ring (bicyclic) bond motifs is 2. The fourth-order valence-electron chi connectivity index (χ4n) is 3.87. The number of rotatable bonds is 1. The highest BCUT2D eigenvalue weighted by molar-refractivity contribution is 5.90. The van der Waals surface area contributed by atoms with E-state index < -0.39 is 0 Å². The molecule has 0 saturated carbocycles. The van der Waals surface area contributed by atoms with Crippen LogP contribution < -0.4 is 16.3 Å². The monoisotopic (exact) mass is 284 g/mol. The van der Waals surface area contributed by atoms with Crippen LogP contribution >= 0.6 is 0 Å². The summed E-state index contributed by atoms with van der Waals surface area (Å²) in [6.07, 6.45) is 4.41. The summed E-state index contributed by atoms with van der Waals surface area (Å²) < 4.78 is 5.59. The summed E-state index contributed by atoms with van der Waals surface area (Å²) in [5, 5.41) is 1.03. The summed E-state index contributed by atoms with van der Waals surface area (Å²) in [6.45, 7) is 4.15. The van der Waals surface area contributed by atoms with Crippen molar-refractivity contribution in [2.75, 3.05) is 18.0 Å². The molecule has 0 saturated heterocycles. The standard InChI is InChI=1S/C17H20N2O2/c1-10(18)13-9-15(20)21-17-12-5-3-7-19-6-2-4-11(16(12)19)8-14(13)17/h8-10H,2-7,18H2,1H3. The third-order valence-electron chi connectivity index (χ3n) is 4.75. The van der Waals surface area contributed by atoms with Crippen LogP contribution in [0, 0.1) is 0 Å². The van der Waals surface area contributed by atoms with Crippen LogP contribution in [0.4, 0.5) is 5.69 Å². The van der Waals surface area contributed by atoms with Crippen LogP contribution in [0.1, 0.15) is 42.5 Å². The first-order chi connectivity index (χ1) is 10.1. The lowest BCUT2D eigenvalue weighted by Gasteiger charge is -2.37. The van der Waals surface area contributed by atoms with Crippen LogP contribution in [-0.2, 0) is 12.8 Å². The van der Waals surface area contributed by atoms with E-state index in [1.807, 2.05) is 6.92 Å². The van der Waals surface area contributed by atoms with E-state index in [1.165, 1.54) is 23.2 Å². The van der Waals surface area contributed by atoms with Crippen LogP contribution in [0.15, 0.2) is 21.3 Å². The second-order valence-corrected chi connectivity index (χ2v) is 6.24. The summed E-state index contributed by atoms with van der Waals surface area (Å²) in [5.74, 6) is 0. The molecule has 0 aliphatic carbocycles. The van der Waals surface area contributed by atoms with Gasteiger partial charge in [-0.1, -0.05) is 0 Å². The second-order valence-electron chi connectivity index (χ2n) is 6.24. The van der Waals surface area contributed by atoms with Gasteiger partial charge in [0.2, 0.25) is 0 Å². The molecule has 1 aromatic carbocycles. The van der Waals surface area contributed by atoms with Crippen molar-refractivity contribution in [1.29, 1.82) is 0 Å². The summed E-state index contributed by atoms with van der Waals surface area (Å²) in [6, 6.07) is 3.59. The van der Waals surface area contributed by atoms with Gasteiger partial charge < -0.3 is 15.1 Å². The van der Waals surface area contributed by atoms with Gasteiger partial charge in [0.25, 0.3) is 0 Å². The zero-order valence-electron chi connectivity index (χ0n) is 12.3. The molecule has 2 aliphatic heterocycles. The molecule has 1 atom stereocenters. The molecular formula is C17H20N2O2. The molecule has 4 rings (SSSR count). The minimum absolute atomic E-state index is 0.162. The number of benzene rings is 1. The highest BCUT2D eigenvalue weighted by atomic mass is 16.4. The van der Waals surface area contributed by atoms with Gasteiger partial charge in [-0.3, -0.25) is 0 Å². The molecule has 1 unspecified atom stereocenters. The van der Waals surface area contributed by atoms with Gasteiger partial charge in [0.1, 0.15) is 5.58 Å². The Balaban J connectivity index is 2.12. The predicted octanol–water partition coefficient (Wildman–Crippen LogP) is 2.51. The molecule has 3 heterocycles. The minimum atomic E-state index is -0.293. The first-order valence-electron chi connectivity index (χ1n) is 7.78. The Kier molecular flexibility index (Phi) is 2.82. The number of nitrogens with zero attached hydrogens (tertiary/aromatic N) is 1. The number of hydrogen-bond donors (Lipinski definition) is 1. The van der Waals surface area contributed by atoms with E-state index in [2.05, 4.69) is 11.0 Å². The quantitative estimate of drug-likeness (QED) is 0.817. The van der Waals surface area contributed by atoms with E-state index in [-0.39, 0.29) is 11.7 Å². The third-order valence-corrected chi connectivity index (χ3v) is 4.75. The van der Waals surface area contributed by atoms with Gasteiger partial charge in [-0.05, 0) is 49.8 Å². The minimum Gasteiger partial charge on any atom is -0.422 e. The molecule has 0 amide bonds. The Morgan fingerprint density at radius 1 is 1.24 bits per heavy atom. The summed E-state index contributed by atoms with van der Waals surface area (Å²) in [7, 11) is 0. The van der Waals surface area contributed by atoms with E-state index in [0.717, 1.165) is 48.9 Å². The molecule has 110 valence electrons. The van der Waals surface area contributed by atoms with Crippen LogP contribution in [0.3, 0.4) is 0 Å². The molecule has 2 N–H and O–H groups in total. The van der Waals surface area contributed by atoms with Gasteiger partial charge in [0.15, 0.2) is 0 Å². The fraction of sp³-hybridized carbons (Fsp3) is 0.471. The lowest BCUT2D eigenvalue weighted by molar-refractivity contribution is 0.546. The average molecular weight is 284 g/mol. The number of anilines is 1. The van der Waals surface area contributed by atoms with Crippen molar-refractivity contribution in [2.45, 2.75) is 38.6 Å². The molecule has 0 fully saturated rings. The van der Waals surface area contributed by atoms with E-state index in [9.17, 15) is 4.79 Å². The van der Waals surface area contributed by atoms with Crippen LogP contribution in [-0.4, -0.2) is 13.1 Å². The van der Waals surface area contributed by atoms with Crippen molar-refractivity contribution in [3.8, 4) is 0 Å². The maximum absolute atomic E-state index is 11.9. The molecule has 4 nitrogen and oxygen atoms in total. The number of aryl methyl sites for hydroxylation is 2. The SMILES string of the molecule is CC(N)c1cc(=O)oc2c3c4c(cc12)CCCN4CCC3. The van der Waals surface area contributed by atoms with Crippen molar-refractivity contribution in [3.63, 3.8) is 0 Å². The van der Waals surface area contributed by atoms with Crippen LogP contribution in [0.5, 0.6) is 0 Å². The first kappa shape index (κ1) is 12.9. The summed E-state index contributed by atoms with van der Waals surface area (Å²) >= 11 is 0. The van der Waals surface area contributed by atoms with Crippen molar-refractivity contribution < 1.29 is 4.42 Å². The molecule has 1 aromatic heterocycles. The molecule has 0 spiro atoms. The van der Waals surface area contributed by atoms with Crippen LogP contribution in [0.25, 0.3) is 11.0 Å². The topological polar surface area (TPSA) is 59.5 Å². The molecule has 2 aromatic rings. The van der Waals surface area contributed by atoms with Gasteiger partial charge >= 0.3 is 5.63 Å². The Hall–Kier alpha value is -1.81. The van der Waals surface area contributed by atoms with Crippen molar-refractivity contribution >= 4 is 16.7 Å². The van der Waals surface area contributed by atoms with Gasteiger partial charge in [-0.15, -0.1) is 0 Å². The lowest BCUT2D eigenvalue weighted by atomic mass is 9.88. The highest BCUT2D eigenvalue weighted by Gasteiger charge is 2.27. The van der Waals surface area contributed by atoms with E-state index in [0.29, 0.717) is 0 Å². The molecule has 2 aliphatic rings. The Labute approximate surface area is 123 Å². The third kappa shape index (κ3) is 1.89. The first-order valence-corrected chi connectivity index (χ1v) is 7.78. The second kappa shape index (κ2) is 4.60. The van der Waals surface area contributed by atoms with Gasteiger partial charge in [0.05, 0.1) is 0 Å². The normalized spacial score (nSPS) is 18.7. The lowest BCUT2D eigenvalue weighted by Crippen LogP contribution is -2.34. The maximum atomic E-state index is 11.9. The summed E-state index contributed by atoms with van der Waals surface area (Å²) in [5.41, 5.74) is 11.4. The Morgan fingerprint density at radius 3 is 2.76 bits per heavy atom. The maximum Gasteiger partial charge on any atom is 0.336 e. The molecule has 4 heteroatoms. The van der Waals surface area contributed by atoms with E-state index in [1.54, 1.807) is 6.07 Å². The Bertz CT molecular complexity index is 774. The number of hydrogen-bond acceptors (Lipinski definition) is 4. The van der Waals surface area contributed by atoms with Gasteiger partial charge in [-0.25, -0.2) is 4.79 Å². The molecule has 21 heavy (non-hydrogen) atoms. The van der Waals surface area contributed by atoms with Crippen LogP contribution in [0.2, 0.25) is 0 Å². The van der Waals surface area contributed by atoms with E-state index in [4.69, 9.17) is 10.2 Å². The summed E-state index contributed by atoms with van der Waals surface area (Å²) in [4.78, 5) is 14.4. The van der Waals surface area contributed by atoms with Gasteiger partial charge in [0, 0.05) is 41.8 Å². The Morgan fingerprint density at radius 2 is 2.00 bits per heavy atom. The van der Waals surface area contributed by atoms with Gasteiger partial charge in [-0.2, -0.15) is 0 Å². The van der Waals surface area contributed by atoms with Crippen molar-refractivity contribution in [1.82, 2.24) is 0 Å². The van der Waals surface area contributed by atoms with E-state index >= 15 is 0 Å². The predicted molar refractivity (Wildman–Crippen MR) is 83.9 cm³/mol. The molecule has 0 bridgehead atoms. The smallest absolute Gasteiger partial charge is 0.336 e. The number of nitrogens with two attached hydrogens (primary N) is 1. The average Bonchev–Trinajstić information content (AvgIpc) is 2.48. The van der Waals surface area contributed by atoms with Crippen molar-refractivity contribution in [3.05, 3.63) is 39.2 Å². The largest absolute Gasteiger partial charge is 0.422 e. The fourth-order valence-corrected chi connectivity index (χ4v) is 3.87. The molecular weight excluding hydrogens is 264 g/mol. The highest BCUT2D eigenvalue weighted by Crippen LogP contribution is 2.40. The van der Waals surface area contributed by atoms with Crippen molar-refractivity contribution in [2.24, 2.45) is 5.73 Å². The molecule has 0 radical (unpaired) electrons.